The van der Waals surface area contributed by atoms with Gasteiger partial charge in [0.2, 0.25) is 0 Å². The molecule has 0 spiro atoms. The van der Waals surface area contributed by atoms with Crippen molar-refractivity contribution in [2.24, 2.45) is 35.3 Å². The number of hydrogen-bond donors (Lipinski definition) is 2. The van der Waals surface area contributed by atoms with Crippen molar-refractivity contribution < 1.29 is 5.11 Å². The van der Waals surface area contributed by atoms with E-state index in [2.05, 4.69) is 12.2 Å². The highest BCUT2D eigenvalue weighted by Crippen LogP contribution is 2.57. The van der Waals surface area contributed by atoms with E-state index in [9.17, 15) is 5.11 Å². The van der Waals surface area contributed by atoms with Crippen molar-refractivity contribution in [2.45, 2.75) is 18.9 Å². The van der Waals surface area contributed by atoms with Crippen LogP contribution in [0.3, 0.4) is 0 Å². The number of allylic oxidation sites excluding steroid dienone is 2. The molecule has 2 nitrogen and oxygen atoms in total. The van der Waals surface area contributed by atoms with Crippen molar-refractivity contribution >= 4 is 0 Å². The molecule has 0 aromatic heterocycles. The third kappa shape index (κ3) is 0.906. The van der Waals surface area contributed by atoms with Gasteiger partial charge in [0.1, 0.15) is 0 Å². The molecule has 2 saturated carbocycles. The quantitative estimate of drug-likeness (QED) is 0.584. The first-order chi connectivity index (χ1) is 6.31. The van der Waals surface area contributed by atoms with Crippen molar-refractivity contribution in [3.05, 3.63) is 12.2 Å². The molecule has 0 saturated heterocycles. The molecule has 3 rings (SSSR count). The number of hydrogen-bond acceptors (Lipinski definition) is 2. The van der Waals surface area contributed by atoms with Gasteiger partial charge in [0, 0.05) is 0 Å². The highest BCUT2D eigenvalue weighted by atomic mass is 16.3. The lowest BCUT2D eigenvalue weighted by atomic mass is 9.81. The maximum absolute atomic E-state index is 9.93. The monoisotopic (exact) mass is 179 g/mol. The molecule has 0 unspecified atom stereocenters. The predicted octanol–water partition coefficient (Wildman–Crippen LogP) is 0.764. The summed E-state index contributed by atoms with van der Waals surface area (Å²) < 4.78 is 0. The van der Waals surface area contributed by atoms with E-state index in [4.69, 9.17) is 5.73 Å². The Bertz CT molecular complexity index is 250. The van der Waals surface area contributed by atoms with Crippen LogP contribution in [-0.4, -0.2) is 17.8 Å². The number of rotatable bonds is 1. The zero-order valence-electron chi connectivity index (χ0n) is 7.76. The average Bonchev–Trinajstić information content (AvgIpc) is 2.76. The molecule has 0 heterocycles. The summed E-state index contributed by atoms with van der Waals surface area (Å²) >= 11 is 0. The topological polar surface area (TPSA) is 46.2 Å². The summed E-state index contributed by atoms with van der Waals surface area (Å²) in [5.74, 6) is 3.24. The average molecular weight is 179 g/mol. The molecule has 3 aliphatic rings. The zero-order valence-corrected chi connectivity index (χ0v) is 7.76. The van der Waals surface area contributed by atoms with Crippen molar-refractivity contribution in [1.82, 2.24) is 0 Å². The van der Waals surface area contributed by atoms with Gasteiger partial charge in [-0.15, -0.1) is 0 Å². The third-order valence-corrected chi connectivity index (χ3v) is 4.42. The molecule has 0 radical (unpaired) electrons. The van der Waals surface area contributed by atoms with Crippen LogP contribution in [0.25, 0.3) is 0 Å². The number of nitrogens with two attached hydrogens (primary N) is 1. The van der Waals surface area contributed by atoms with Gasteiger partial charge in [0.25, 0.3) is 0 Å². The van der Waals surface area contributed by atoms with Gasteiger partial charge in [-0.25, -0.2) is 0 Å². The Hall–Kier alpha value is -0.340. The van der Waals surface area contributed by atoms with Crippen LogP contribution < -0.4 is 5.73 Å². The molecule has 2 heteroatoms. The van der Waals surface area contributed by atoms with Crippen LogP contribution in [-0.2, 0) is 0 Å². The largest absolute Gasteiger partial charge is 0.393 e. The van der Waals surface area contributed by atoms with Crippen LogP contribution in [0.15, 0.2) is 12.2 Å². The normalized spacial score (nSPS) is 57.4. The van der Waals surface area contributed by atoms with E-state index in [0.717, 1.165) is 18.9 Å². The van der Waals surface area contributed by atoms with E-state index in [1.807, 2.05) is 0 Å². The van der Waals surface area contributed by atoms with Gasteiger partial charge in [0.05, 0.1) is 6.10 Å². The summed E-state index contributed by atoms with van der Waals surface area (Å²) in [5.41, 5.74) is 5.75. The molecule has 2 fully saturated rings. The Balaban J connectivity index is 1.92. The van der Waals surface area contributed by atoms with Crippen molar-refractivity contribution in [3.63, 3.8) is 0 Å². The minimum atomic E-state index is -0.0708. The van der Waals surface area contributed by atoms with Gasteiger partial charge in [0.15, 0.2) is 0 Å². The smallest absolute Gasteiger partial charge is 0.0580 e. The van der Waals surface area contributed by atoms with Gasteiger partial charge >= 0.3 is 0 Å². The summed E-state index contributed by atoms with van der Waals surface area (Å²) in [5, 5.41) is 9.93. The molecule has 0 aromatic carbocycles. The first-order valence-electron chi connectivity index (χ1n) is 5.37. The lowest BCUT2D eigenvalue weighted by molar-refractivity contribution is 0.108. The zero-order chi connectivity index (χ0) is 9.00. The van der Waals surface area contributed by atoms with Gasteiger partial charge in [-0.05, 0) is 49.0 Å². The lowest BCUT2D eigenvalue weighted by Crippen LogP contribution is -2.26. The number of aliphatic hydroxyl groups excluding tert-OH is 1. The maximum atomic E-state index is 9.93. The minimum Gasteiger partial charge on any atom is -0.393 e. The highest BCUT2D eigenvalue weighted by Gasteiger charge is 2.54. The molecule has 0 amide bonds. The Morgan fingerprint density at radius 3 is 2.54 bits per heavy atom. The van der Waals surface area contributed by atoms with Gasteiger partial charge in [-0.3, -0.25) is 0 Å². The number of aliphatic hydroxyl groups is 1. The van der Waals surface area contributed by atoms with Crippen molar-refractivity contribution in [3.8, 4) is 0 Å². The minimum absolute atomic E-state index is 0.0708. The van der Waals surface area contributed by atoms with Crippen LogP contribution in [0.1, 0.15) is 12.8 Å². The third-order valence-electron chi connectivity index (χ3n) is 4.42. The molecular weight excluding hydrogens is 162 g/mol. The van der Waals surface area contributed by atoms with Crippen LogP contribution in [0.5, 0.6) is 0 Å². The highest BCUT2D eigenvalue weighted by molar-refractivity contribution is 5.18. The number of fused-ring (bicyclic) bond motifs is 5. The van der Waals surface area contributed by atoms with E-state index < -0.39 is 0 Å². The maximum Gasteiger partial charge on any atom is 0.0580 e. The Morgan fingerprint density at radius 1 is 1.15 bits per heavy atom. The molecule has 6 atom stereocenters. The summed E-state index contributed by atoms with van der Waals surface area (Å²) in [6.07, 6.45) is 6.82. The van der Waals surface area contributed by atoms with Crippen molar-refractivity contribution in [2.75, 3.05) is 6.54 Å². The summed E-state index contributed by atoms with van der Waals surface area (Å²) in [6.45, 7) is 0.759. The van der Waals surface area contributed by atoms with E-state index >= 15 is 0 Å². The Kier molecular flexibility index (Phi) is 1.59. The van der Waals surface area contributed by atoms with Crippen LogP contribution in [0, 0.1) is 29.6 Å². The van der Waals surface area contributed by atoms with Gasteiger partial charge in [-0.2, -0.15) is 0 Å². The Morgan fingerprint density at radius 2 is 1.85 bits per heavy atom. The summed E-state index contributed by atoms with van der Waals surface area (Å²) in [7, 11) is 0. The van der Waals surface area contributed by atoms with Crippen LogP contribution in [0.2, 0.25) is 0 Å². The first kappa shape index (κ1) is 8.01. The van der Waals surface area contributed by atoms with Crippen molar-refractivity contribution in [1.29, 1.82) is 0 Å². The van der Waals surface area contributed by atoms with Gasteiger partial charge < -0.3 is 10.8 Å². The van der Waals surface area contributed by atoms with Crippen LogP contribution in [0.4, 0.5) is 0 Å². The second-order valence-corrected chi connectivity index (χ2v) is 4.90. The molecule has 0 aliphatic heterocycles. The van der Waals surface area contributed by atoms with E-state index in [-0.39, 0.29) is 6.10 Å². The molecule has 72 valence electrons. The van der Waals surface area contributed by atoms with E-state index in [0.29, 0.717) is 23.7 Å². The second kappa shape index (κ2) is 2.58. The molecule has 3 aliphatic carbocycles. The molecule has 0 aromatic rings. The molecule has 2 bridgehead atoms. The Labute approximate surface area is 78.8 Å². The fourth-order valence-electron chi connectivity index (χ4n) is 3.98. The fourth-order valence-corrected chi connectivity index (χ4v) is 3.98. The van der Waals surface area contributed by atoms with Gasteiger partial charge in [-0.1, -0.05) is 12.2 Å². The lowest BCUT2D eigenvalue weighted by Gasteiger charge is -2.25. The molecule has 13 heavy (non-hydrogen) atoms. The standard InChI is InChI=1S/C11H17NO/c12-5-8-4-9(13)11-7-2-1-6(3-7)10(8)11/h1-2,6-11,13H,3-5,12H2/t6-,7+,8+,9-,10+,11-/m0/s1. The summed E-state index contributed by atoms with van der Waals surface area (Å²) in [4.78, 5) is 0. The van der Waals surface area contributed by atoms with E-state index in [1.165, 1.54) is 6.42 Å². The second-order valence-electron chi connectivity index (χ2n) is 4.90. The fraction of sp³-hybridized carbons (Fsp3) is 0.818. The summed E-state index contributed by atoms with van der Waals surface area (Å²) in [6, 6.07) is 0. The molecule has 3 N–H and O–H groups in total. The molecular formula is C11H17NO. The predicted molar refractivity (Wildman–Crippen MR) is 50.9 cm³/mol. The first-order valence-corrected chi connectivity index (χ1v) is 5.37. The van der Waals surface area contributed by atoms with Crippen LogP contribution >= 0.6 is 0 Å². The SMILES string of the molecule is NC[C@H]1C[C@H](O)[C@H]2[C@@H]1[C@H]1C=C[C@@H]2C1. The van der Waals surface area contributed by atoms with E-state index in [1.54, 1.807) is 0 Å².